The zero-order valence-corrected chi connectivity index (χ0v) is 10.7. The van der Waals surface area contributed by atoms with Crippen molar-refractivity contribution in [2.24, 2.45) is 17.6 Å². The average Bonchev–Trinajstić information content (AvgIpc) is 2.41. The molecule has 90 valence electrons. The van der Waals surface area contributed by atoms with Gasteiger partial charge in [0.05, 0.1) is 11.0 Å². The van der Waals surface area contributed by atoms with Crippen molar-refractivity contribution in [1.29, 1.82) is 0 Å². The lowest BCUT2D eigenvalue weighted by molar-refractivity contribution is -0.141. The van der Waals surface area contributed by atoms with E-state index >= 15 is 0 Å². The zero-order chi connectivity index (χ0) is 12.5. The Kier molecular flexibility index (Phi) is 4.02. The van der Waals surface area contributed by atoms with Crippen LogP contribution in [0.25, 0.3) is 0 Å². The van der Waals surface area contributed by atoms with Crippen molar-refractivity contribution in [2.45, 2.75) is 39.7 Å². The van der Waals surface area contributed by atoms with E-state index in [0.717, 1.165) is 6.42 Å². The number of likely N-dealkylation sites (tertiary alicyclic amines) is 1. The minimum Gasteiger partial charge on any atom is -0.392 e. The summed E-state index contributed by atoms with van der Waals surface area (Å²) in [5.74, 6) is -0.824. The van der Waals surface area contributed by atoms with Crippen molar-refractivity contribution in [3.05, 3.63) is 0 Å². The van der Waals surface area contributed by atoms with Crippen LogP contribution < -0.4 is 5.73 Å². The molecule has 0 spiro atoms. The Morgan fingerprint density at radius 3 is 2.12 bits per heavy atom. The van der Waals surface area contributed by atoms with Crippen LogP contribution in [0.1, 0.15) is 33.6 Å². The fourth-order valence-corrected chi connectivity index (χ4v) is 2.18. The third-order valence-corrected chi connectivity index (χ3v) is 3.48. The molecule has 1 fully saturated rings. The summed E-state index contributed by atoms with van der Waals surface area (Å²) in [6, 6.07) is -0.410. The summed E-state index contributed by atoms with van der Waals surface area (Å²) in [5, 5.41) is 0. The first-order valence-corrected chi connectivity index (χ1v) is 5.98. The molecule has 1 saturated heterocycles. The van der Waals surface area contributed by atoms with Crippen LogP contribution in [-0.2, 0) is 9.59 Å². The molecule has 0 aromatic carbocycles. The topological polar surface area (TPSA) is 63.4 Å². The molecular formula is C11H18N2O2S. The van der Waals surface area contributed by atoms with Crippen LogP contribution in [-0.4, -0.2) is 27.7 Å². The molecule has 1 aliphatic heterocycles. The van der Waals surface area contributed by atoms with Gasteiger partial charge >= 0.3 is 0 Å². The van der Waals surface area contributed by atoms with Crippen molar-refractivity contribution in [1.82, 2.24) is 4.90 Å². The van der Waals surface area contributed by atoms with E-state index in [4.69, 9.17) is 18.0 Å². The van der Waals surface area contributed by atoms with Gasteiger partial charge in [-0.05, 0) is 6.42 Å². The average molecular weight is 242 g/mol. The number of rotatable bonds is 4. The van der Waals surface area contributed by atoms with Gasteiger partial charge in [-0.2, -0.15) is 0 Å². The van der Waals surface area contributed by atoms with E-state index in [2.05, 4.69) is 0 Å². The largest absolute Gasteiger partial charge is 0.392 e. The molecule has 4 nitrogen and oxygen atoms in total. The molecule has 3 atom stereocenters. The Labute approximate surface area is 101 Å². The van der Waals surface area contributed by atoms with Gasteiger partial charge in [-0.3, -0.25) is 14.5 Å². The van der Waals surface area contributed by atoms with Gasteiger partial charge in [0.2, 0.25) is 11.8 Å². The van der Waals surface area contributed by atoms with Crippen LogP contribution >= 0.6 is 12.2 Å². The number of amides is 2. The second kappa shape index (κ2) is 4.91. The maximum Gasteiger partial charge on any atom is 0.233 e. The highest BCUT2D eigenvalue weighted by Gasteiger charge is 2.45. The van der Waals surface area contributed by atoms with Crippen LogP contribution in [0.4, 0.5) is 0 Å². The number of nitrogens with two attached hydrogens (primary N) is 1. The zero-order valence-electron chi connectivity index (χ0n) is 9.90. The lowest BCUT2D eigenvalue weighted by atomic mass is 10.00. The van der Waals surface area contributed by atoms with E-state index in [9.17, 15) is 9.59 Å². The highest BCUT2D eigenvalue weighted by molar-refractivity contribution is 7.80. The minimum absolute atomic E-state index is 0.149. The standard InChI is InChI=1S/C11H18N2O2S/c1-4-5-8(9(12)16)13-10(14)6(2)7(3)11(13)15/h6-8H,4-5H2,1-3H3,(H2,12,16). The summed E-state index contributed by atoms with van der Waals surface area (Å²) in [5.41, 5.74) is 5.60. The molecule has 3 unspecified atom stereocenters. The summed E-state index contributed by atoms with van der Waals surface area (Å²) in [7, 11) is 0. The molecule has 16 heavy (non-hydrogen) atoms. The number of carbonyl (C=O) groups excluding carboxylic acids is 2. The van der Waals surface area contributed by atoms with E-state index in [1.54, 1.807) is 13.8 Å². The predicted octanol–water partition coefficient (Wildman–Crippen LogP) is 1.08. The van der Waals surface area contributed by atoms with Crippen LogP contribution in [0.5, 0.6) is 0 Å². The Hall–Kier alpha value is -0.970. The van der Waals surface area contributed by atoms with Crippen molar-refractivity contribution < 1.29 is 9.59 Å². The molecule has 5 heteroatoms. The monoisotopic (exact) mass is 242 g/mol. The number of hydrogen-bond donors (Lipinski definition) is 1. The molecule has 0 aromatic rings. The third-order valence-electron chi connectivity index (χ3n) is 3.21. The summed E-state index contributed by atoms with van der Waals surface area (Å²) >= 11 is 4.93. The van der Waals surface area contributed by atoms with Crippen molar-refractivity contribution in [3.8, 4) is 0 Å². The van der Waals surface area contributed by atoms with Crippen molar-refractivity contribution in [3.63, 3.8) is 0 Å². The van der Waals surface area contributed by atoms with E-state index in [1.807, 2.05) is 6.92 Å². The first-order valence-electron chi connectivity index (χ1n) is 5.58. The smallest absolute Gasteiger partial charge is 0.233 e. The summed E-state index contributed by atoms with van der Waals surface area (Å²) in [6.07, 6.45) is 1.48. The van der Waals surface area contributed by atoms with Gasteiger partial charge in [-0.25, -0.2) is 0 Å². The van der Waals surface area contributed by atoms with Gasteiger partial charge in [-0.15, -0.1) is 0 Å². The maximum absolute atomic E-state index is 11.9. The second-order valence-corrected chi connectivity index (χ2v) is 4.80. The lowest BCUT2D eigenvalue weighted by Crippen LogP contribution is -2.47. The van der Waals surface area contributed by atoms with Crippen LogP contribution in [0, 0.1) is 11.8 Å². The Morgan fingerprint density at radius 1 is 1.38 bits per heavy atom. The van der Waals surface area contributed by atoms with Crippen LogP contribution in [0.15, 0.2) is 0 Å². The fraction of sp³-hybridized carbons (Fsp3) is 0.727. The SMILES string of the molecule is CCCC(C(N)=S)N1C(=O)C(C)C(C)C1=O. The van der Waals surface area contributed by atoms with Gasteiger partial charge in [0, 0.05) is 11.8 Å². The molecule has 0 saturated carbocycles. The Balaban J connectivity index is 2.97. The molecule has 0 radical (unpaired) electrons. The highest BCUT2D eigenvalue weighted by Crippen LogP contribution is 2.28. The number of nitrogens with zero attached hydrogens (tertiary/aromatic N) is 1. The van der Waals surface area contributed by atoms with Gasteiger partial charge in [0.15, 0.2) is 0 Å². The summed E-state index contributed by atoms with van der Waals surface area (Å²) in [6.45, 7) is 5.52. The predicted molar refractivity (Wildman–Crippen MR) is 65.7 cm³/mol. The first kappa shape index (κ1) is 13.1. The highest BCUT2D eigenvalue weighted by atomic mass is 32.1. The number of hydrogen-bond acceptors (Lipinski definition) is 3. The molecule has 0 aromatic heterocycles. The summed E-state index contributed by atoms with van der Waals surface area (Å²) < 4.78 is 0. The van der Waals surface area contributed by atoms with Gasteiger partial charge in [0.25, 0.3) is 0 Å². The van der Waals surface area contributed by atoms with Gasteiger partial charge in [0.1, 0.15) is 0 Å². The van der Waals surface area contributed by atoms with E-state index in [0.29, 0.717) is 6.42 Å². The Bertz CT molecular complexity index is 310. The van der Waals surface area contributed by atoms with Crippen molar-refractivity contribution in [2.75, 3.05) is 0 Å². The molecule has 1 rings (SSSR count). The molecule has 0 aliphatic carbocycles. The summed E-state index contributed by atoms with van der Waals surface area (Å²) in [4.78, 5) is 25.4. The molecule has 2 amide bonds. The van der Waals surface area contributed by atoms with E-state index < -0.39 is 6.04 Å². The number of thiocarbonyl (C=S) groups is 1. The fourth-order valence-electron chi connectivity index (χ4n) is 1.95. The van der Waals surface area contributed by atoms with Gasteiger partial charge < -0.3 is 5.73 Å². The van der Waals surface area contributed by atoms with Crippen molar-refractivity contribution >= 4 is 29.0 Å². The second-order valence-electron chi connectivity index (χ2n) is 4.33. The molecular weight excluding hydrogens is 224 g/mol. The normalized spacial score (nSPS) is 27.3. The molecule has 0 bridgehead atoms. The first-order chi connectivity index (χ1) is 7.41. The third kappa shape index (κ3) is 2.09. The van der Waals surface area contributed by atoms with E-state index in [-0.39, 0.29) is 28.6 Å². The van der Waals surface area contributed by atoms with Crippen LogP contribution in [0.3, 0.4) is 0 Å². The molecule has 1 heterocycles. The van der Waals surface area contributed by atoms with Gasteiger partial charge in [-0.1, -0.05) is 39.4 Å². The minimum atomic E-state index is -0.410. The van der Waals surface area contributed by atoms with Crippen LogP contribution in [0.2, 0.25) is 0 Å². The molecule has 1 aliphatic rings. The van der Waals surface area contributed by atoms with E-state index in [1.165, 1.54) is 4.90 Å². The number of imide groups is 1. The quantitative estimate of drug-likeness (QED) is 0.592. The Morgan fingerprint density at radius 2 is 1.81 bits per heavy atom. The molecule has 2 N–H and O–H groups in total. The lowest BCUT2D eigenvalue weighted by Gasteiger charge is -2.25. The maximum atomic E-state index is 11.9. The number of carbonyl (C=O) groups is 2.